The highest BCUT2D eigenvalue weighted by molar-refractivity contribution is 5.94. The van der Waals surface area contributed by atoms with Crippen molar-refractivity contribution in [1.82, 2.24) is 10.6 Å². The molecule has 2 N–H and O–H groups in total. The maximum Gasteiger partial charge on any atom is 0.251 e. The number of nitrogens with one attached hydrogen (secondary N) is 2. The maximum absolute atomic E-state index is 12.1. The molecule has 18 heavy (non-hydrogen) atoms. The van der Waals surface area contributed by atoms with Crippen LogP contribution in [0.4, 0.5) is 0 Å². The third-order valence-electron chi connectivity index (χ3n) is 3.29. The van der Waals surface area contributed by atoms with Gasteiger partial charge in [-0.1, -0.05) is 13.0 Å². The molecule has 1 aliphatic rings. The fourth-order valence-corrected chi connectivity index (χ4v) is 2.14. The first-order chi connectivity index (χ1) is 8.74. The number of terminal acetylenes is 1. The molecule has 0 spiro atoms. The first kappa shape index (κ1) is 12.7. The molecule has 1 unspecified atom stereocenters. The summed E-state index contributed by atoms with van der Waals surface area (Å²) in [6.45, 7) is 3.76. The number of hydrogen-bond donors (Lipinski definition) is 2. The fraction of sp³-hybridized carbons (Fsp3) is 0.400. The zero-order valence-electron chi connectivity index (χ0n) is 10.6. The predicted molar refractivity (Wildman–Crippen MR) is 72.0 cm³/mol. The smallest absolute Gasteiger partial charge is 0.251 e. The van der Waals surface area contributed by atoms with Gasteiger partial charge in [-0.15, -0.1) is 12.3 Å². The van der Waals surface area contributed by atoms with E-state index in [1.165, 1.54) is 11.1 Å². The molecule has 3 heteroatoms. The third kappa shape index (κ3) is 2.72. The Bertz CT molecular complexity index is 488. The zero-order chi connectivity index (χ0) is 13.0. The van der Waals surface area contributed by atoms with E-state index in [9.17, 15) is 4.79 Å². The van der Waals surface area contributed by atoms with Gasteiger partial charge in [-0.2, -0.15) is 0 Å². The minimum Gasteiger partial charge on any atom is -0.348 e. The number of fused-ring (bicyclic) bond motifs is 1. The SMILES string of the molecule is C#CCC(CC)NC(=O)c1ccc2c(c1)CNC2. The van der Waals surface area contributed by atoms with Gasteiger partial charge in [-0.25, -0.2) is 0 Å². The second-order valence-corrected chi connectivity index (χ2v) is 4.57. The van der Waals surface area contributed by atoms with Gasteiger partial charge in [0.15, 0.2) is 0 Å². The Hall–Kier alpha value is -1.79. The third-order valence-corrected chi connectivity index (χ3v) is 3.29. The summed E-state index contributed by atoms with van der Waals surface area (Å²) >= 11 is 0. The van der Waals surface area contributed by atoms with E-state index in [-0.39, 0.29) is 11.9 Å². The van der Waals surface area contributed by atoms with Crippen LogP contribution in [0.3, 0.4) is 0 Å². The van der Waals surface area contributed by atoms with Crippen molar-refractivity contribution in [3.8, 4) is 12.3 Å². The van der Waals surface area contributed by atoms with E-state index in [0.717, 1.165) is 19.5 Å². The molecule has 0 fully saturated rings. The van der Waals surface area contributed by atoms with Gasteiger partial charge in [-0.3, -0.25) is 4.79 Å². The molecule has 0 saturated heterocycles. The molecular formula is C15H18N2O. The minimum atomic E-state index is -0.0354. The summed E-state index contributed by atoms with van der Waals surface area (Å²) in [6, 6.07) is 5.93. The summed E-state index contributed by atoms with van der Waals surface area (Å²) in [7, 11) is 0. The van der Waals surface area contributed by atoms with Crippen LogP contribution in [-0.4, -0.2) is 11.9 Å². The monoisotopic (exact) mass is 242 g/mol. The molecule has 0 aliphatic carbocycles. The van der Waals surface area contributed by atoms with Crippen molar-refractivity contribution < 1.29 is 4.79 Å². The average molecular weight is 242 g/mol. The number of hydrogen-bond acceptors (Lipinski definition) is 2. The van der Waals surface area contributed by atoms with Crippen LogP contribution in [0.25, 0.3) is 0 Å². The Kier molecular flexibility index (Phi) is 4.01. The molecule has 1 aromatic rings. The normalized spacial score (nSPS) is 14.7. The highest BCUT2D eigenvalue weighted by Gasteiger charge is 2.15. The number of carbonyl (C=O) groups is 1. The molecule has 3 nitrogen and oxygen atoms in total. The van der Waals surface area contributed by atoms with Crippen LogP contribution in [0.1, 0.15) is 41.3 Å². The first-order valence-electron chi connectivity index (χ1n) is 6.31. The molecule has 0 aromatic heterocycles. The van der Waals surface area contributed by atoms with Crippen molar-refractivity contribution in [2.75, 3.05) is 0 Å². The molecule has 1 aromatic carbocycles. The largest absolute Gasteiger partial charge is 0.348 e. The summed E-state index contributed by atoms with van der Waals surface area (Å²) in [5.41, 5.74) is 3.21. The molecule has 2 rings (SSSR count). The summed E-state index contributed by atoms with van der Waals surface area (Å²) in [6.07, 6.45) is 6.71. The lowest BCUT2D eigenvalue weighted by molar-refractivity contribution is 0.0936. The predicted octanol–water partition coefficient (Wildman–Crippen LogP) is 1.82. The number of amides is 1. The van der Waals surface area contributed by atoms with Gasteiger partial charge < -0.3 is 10.6 Å². The number of rotatable bonds is 4. The molecule has 0 bridgehead atoms. The van der Waals surface area contributed by atoms with Gasteiger partial charge in [0.05, 0.1) is 0 Å². The highest BCUT2D eigenvalue weighted by atomic mass is 16.1. The van der Waals surface area contributed by atoms with E-state index in [0.29, 0.717) is 12.0 Å². The highest BCUT2D eigenvalue weighted by Crippen LogP contribution is 2.17. The van der Waals surface area contributed by atoms with Gasteiger partial charge in [0.2, 0.25) is 0 Å². The van der Waals surface area contributed by atoms with Gasteiger partial charge in [0.1, 0.15) is 0 Å². The number of carbonyl (C=O) groups excluding carboxylic acids is 1. The summed E-state index contributed by atoms with van der Waals surface area (Å²) < 4.78 is 0. The van der Waals surface area contributed by atoms with Crippen molar-refractivity contribution in [1.29, 1.82) is 0 Å². The van der Waals surface area contributed by atoms with Crippen LogP contribution in [0, 0.1) is 12.3 Å². The van der Waals surface area contributed by atoms with E-state index >= 15 is 0 Å². The van der Waals surface area contributed by atoms with E-state index in [2.05, 4.69) is 16.6 Å². The maximum atomic E-state index is 12.1. The van der Waals surface area contributed by atoms with Crippen LogP contribution in [0.15, 0.2) is 18.2 Å². The molecule has 0 saturated carbocycles. The Labute approximate surface area is 108 Å². The number of benzene rings is 1. The Morgan fingerprint density at radius 1 is 1.50 bits per heavy atom. The van der Waals surface area contributed by atoms with Crippen LogP contribution < -0.4 is 10.6 Å². The van der Waals surface area contributed by atoms with E-state index in [1.807, 2.05) is 25.1 Å². The van der Waals surface area contributed by atoms with Crippen molar-refractivity contribution in [2.24, 2.45) is 0 Å². The molecule has 1 aliphatic heterocycles. The minimum absolute atomic E-state index is 0.0354. The van der Waals surface area contributed by atoms with Crippen molar-refractivity contribution in [3.05, 3.63) is 34.9 Å². The average Bonchev–Trinajstić information content (AvgIpc) is 2.85. The molecular weight excluding hydrogens is 224 g/mol. The molecule has 1 heterocycles. The van der Waals surface area contributed by atoms with Gasteiger partial charge in [-0.05, 0) is 29.7 Å². The summed E-state index contributed by atoms with van der Waals surface area (Å²) in [5, 5.41) is 6.24. The summed E-state index contributed by atoms with van der Waals surface area (Å²) in [5.74, 6) is 2.56. The Balaban J connectivity index is 2.07. The summed E-state index contributed by atoms with van der Waals surface area (Å²) in [4.78, 5) is 12.1. The van der Waals surface area contributed by atoms with Gasteiger partial charge in [0, 0.05) is 31.1 Å². The van der Waals surface area contributed by atoms with Gasteiger partial charge in [0.25, 0.3) is 5.91 Å². The Morgan fingerprint density at radius 2 is 2.28 bits per heavy atom. The van der Waals surface area contributed by atoms with Crippen molar-refractivity contribution in [2.45, 2.75) is 38.9 Å². The van der Waals surface area contributed by atoms with E-state index < -0.39 is 0 Å². The lowest BCUT2D eigenvalue weighted by Gasteiger charge is -2.14. The van der Waals surface area contributed by atoms with E-state index in [1.54, 1.807) is 0 Å². The molecule has 0 radical (unpaired) electrons. The van der Waals surface area contributed by atoms with Gasteiger partial charge >= 0.3 is 0 Å². The molecule has 1 amide bonds. The second kappa shape index (κ2) is 5.70. The van der Waals surface area contributed by atoms with Crippen LogP contribution in [0.5, 0.6) is 0 Å². The zero-order valence-corrected chi connectivity index (χ0v) is 10.6. The first-order valence-corrected chi connectivity index (χ1v) is 6.31. The standard InChI is InChI=1S/C15H18N2O/c1-3-5-14(4-2)17-15(18)11-6-7-12-9-16-10-13(12)8-11/h1,6-8,14,16H,4-5,9-10H2,2H3,(H,17,18). The fourth-order valence-electron chi connectivity index (χ4n) is 2.14. The molecule has 94 valence electrons. The second-order valence-electron chi connectivity index (χ2n) is 4.57. The van der Waals surface area contributed by atoms with E-state index in [4.69, 9.17) is 6.42 Å². The van der Waals surface area contributed by atoms with Crippen LogP contribution in [-0.2, 0) is 13.1 Å². The quantitative estimate of drug-likeness (QED) is 0.791. The Morgan fingerprint density at radius 3 is 3.00 bits per heavy atom. The topological polar surface area (TPSA) is 41.1 Å². The van der Waals surface area contributed by atoms with Crippen LogP contribution >= 0.6 is 0 Å². The molecule has 1 atom stereocenters. The lowest BCUT2D eigenvalue weighted by atomic mass is 10.1. The van der Waals surface area contributed by atoms with Crippen LogP contribution in [0.2, 0.25) is 0 Å². The lowest BCUT2D eigenvalue weighted by Crippen LogP contribution is -2.34. The van der Waals surface area contributed by atoms with Crippen molar-refractivity contribution in [3.63, 3.8) is 0 Å². The van der Waals surface area contributed by atoms with Crippen molar-refractivity contribution >= 4 is 5.91 Å².